The summed E-state index contributed by atoms with van der Waals surface area (Å²) in [5.74, 6) is 0. The van der Waals surface area contributed by atoms with Gasteiger partial charge in [-0.15, -0.1) is 11.8 Å². The van der Waals surface area contributed by atoms with Crippen molar-refractivity contribution >= 4 is 18.0 Å². The van der Waals surface area contributed by atoms with Gasteiger partial charge in [0.1, 0.15) is 0 Å². The molecule has 4 heteroatoms. The van der Waals surface area contributed by atoms with Crippen LogP contribution >= 0.6 is 11.8 Å². The van der Waals surface area contributed by atoms with Gasteiger partial charge in [-0.25, -0.2) is 4.98 Å². The summed E-state index contributed by atoms with van der Waals surface area (Å²) in [5.41, 5.74) is 2.01. The van der Waals surface area contributed by atoms with Gasteiger partial charge in [-0.1, -0.05) is 24.4 Å². The summed E-state index contributed by atoms with van der Waals surface area (Å²) in [7, 11) is 0. The van der Waals surface area contributed by atoms with E-state index < -0.39 is 0 Å². The molecular formula is C13H18N2OS. The maximum Gasteiger partial charge on any atom is 0.0992 e. The highest BCUT2D eigenvalue weighted by Crippen LogP contribution is 2.33. The van der Waals surface area contributed by atoms with E-state index in [9.17, 15) is 0 Å². The Balaban J connectivity index is 2.05. The summed E-state index contributed by atoms with van der Waals surface area (Å²) >= 11 is 1.90. The van der Waals surface area contributed by atoms with Gasteiger partial charge in [0.15, 0.2) is 0 Å². The zero-order chi connectivity index (χ0) is 12.1. The molecule has 0 unspecified atom stereocenters. The smallest absolute Gasteiger partial charge is 0.0992 e. The van der Waals surface area contributed by atoms with Crippen LogP contribution in [0.25, 0.3) is 0 Å². The molecule has 1 aromatic heterocycles. The number of hydrogen-bond acceptors (Lipinski definition) is 4. The molecule has 1 N–H and O–H groups in total. The van der Waals surface area contributed by atoms with Gasteiger partial charge in [0.2, 0.25) is 0 Å². The normalized spacial score (nSPS) is 17.7. The number of oxime groups is 1. The lowest BCUT2D eigenvalue weighted by atomic mass is 10.0. The summed E-state index contributed by atoms with van der Waals surface area (Å²) in [6, 6.07) is 2.01. The maximum atomic E-state index is 8.48. The fourth-order valence-corrected chi connectivity index (χ4v) is 3.43. The molecule has 0 radical (unpaired) electrons. The molecule has 0 aliphatic heterocycles. The Morgan fingerprint density at radius 3 is 2.82 bits per heavy atom. The van der Waals surface area contributed by atoms with E-state index in [2.05, 4.69) is 17.1 Å². The molecule has 3 nitrogen and oxygen atoms in total. The van der Waals surface area contributed by atoms with Crippen molar-refractivity contribution in [3.05, 3.63) is 23.4 Å². The molecular weight excluding hydrogens is 232 g/mol. The van der Waals surface area contributed by atoms with Crippen molar-refractivity contribution in [1.82, 2.24) is 4.98 Å². The van der Waals surface area contributed by atoms with Crippen molar-refractivity contribution in [3.8, 4) is 0 Å². The third kappa shape index (κ3) is 3.46. The first-order chi connectivity index (χ1) is 8.29. The minimum Gasteiger partial charge on any atom is -0.411 e. The van der Waals surface area contributed by atoms with Crippen LogP contribution in [0.15, 0.2) is 22.4 Å². The Morgan fingerprint density at radius 1 is 1.41 bits per heavy atom. The predicted octanol–water partition coefficient (Wildman–Crippen LogP) is 3.62. The Bertz CT molecular complexity index is 400. The number of aromatic nitrogens is 1. The van der Waals surface area contributed by atoms with Gasteiger partial charge in [0.25, 0.3) is 0 Å². The molecule has 0 bridgehead atoms. The molecule has 0 saturated heterocycles. The van der Waals surface area contributed by atoms with Crippen molar-refractivity contribution in [2.75, 3.05) is 0 Å². The van der Waals surface area contributed by atoms with Gasteiger partial charge in [0.05, 0.1) is 11.2 Å². The molecule has 1 aromatic rings. The summed E-state index contributed by atoms with van der Waals surface area (Å²) in [5, 5.41) is 13.3. The van der Waals surface area contributed by atoms with Crippen LogP contribution in [-0.4, -0.2) is 21.7 Å². The van der Waals surface area contributed by atoms with Gasteiger partial charge in [0, 0.05) is 17.0 Å². The van der Waals surface area contributed by atoms with Crippen LogP contribution in [-0.2, 0) is 0 Å². The van der Waals surface area contributed by atoms with E-state index in [-0.39, 0.29) is 0 Å². The van der Waals surface area contributed by atoms with Crippen molar-refractivity contribution in [1.29, 1.82) is 0 Å². The minimum atomic E-state index is 0.729. The fourth-order valence-electron chi connectivity index (χ4n) is 2.19. The molecule has 0 aromatic carbocycles. The van der Waals surface area contributed by atoms with E-state index in [1.165, 1.54) is 38.3 Å². The van der Waals surface area contributed by atoms with Crippen LogP contribution in [0.2, 0.25) is 0 Å². The summed E-state index contributed by atoms with van der Waals surface area (Å²) in [6.07, 6.45) is 9.89. The van der Waals surface area contributed by atoms with E-state index >= 15 is 0 Å². The lowest BCUT2D eigenvalue weighted by Crippen LogP contribution is -2.08. The minimum absolute atomic E-state index is 0.729. The Hall–Kier alpha value is -1.03. The van der Waals surface area contributed by atoms with Crippen LogP contribution in [0.5, 0.6) is 0 Å². The maximum absolute atomic E-state index is 8.48. The number of rotatable bonds is 3. The highest BCUT2D eigenvalue weighted by molar-refractivity contribution is 7.99. The van der Waals surface area contributed by atoms with E-state index in [0.29, 0.717) is 0 Å². The second kappa shape index (κ2) is 6.05. The lowest BCUT2D eigenvalue weighted by molar-refractivity contribution is 0.322. The molecule has 0 amide bonds. The Morgan fingerprint density at radius 2 is 2.18 bits per heavy atom. The number of nitrogens with zero attached hydrogens (tertiary/aromatic N) is 2. The van der Waals surface area contributed by atoms with Crippen molar-refractivity contribution in [2.24, 2.45) is 5.16 Å². The van der Waals surface area contributed by atoms with Crippen LogP contribution in [0.1, 0.15) is 43.2 Å². The van der Waals surface area contributed by atoms with Crippen molar-refractivity contribution in [2.45, 2.75) is 49.3 Å². The number of thioether (sulfide) groups is 1. The first kappa shape index (κ1) is 12.4. The van der Waals surface area contributed by atoms with E-state index in [1.54, 1.807) is 6.20 Å². The highest BCUT2D eigenvalue weighted by Gasteiger charge is 2.16. The van der Waals surface area contributed by atoms with E-state index in [4.69, 9.17) is 5.21 Å². The summed E-state index contributed by atoms with van der Waals surface area (Å²) in [4.78, 5) is 4.45. The number of aryl methyl sites for hydroxylation is 1. The van der Waals surface area contributed by atoms with E-state index in [0.717, 1.165) is 21.4 Å². The molecule has 1 aliphatic rings. The SMILES string of the molecule is Cc1cc(C=NO)cnc1SC1CCCCC1. The summed E-state index contributed by atoms with van der Waals surface area (Å²) < 4.78 is 0. The average Bonchev–Trinajstić information content (AvgIpc) is 2.34. The highest BCUT2D eigenvalue weighted by atomic mass is 32.2. The molecule has 2 rings (SSSR count). The number of hydrogen-bond donors (Lipinski definition) is 1. The summed E-state index contributed by atoms with van der Waals surface area (Å²) in [6.45, 7) is 2.06. The van der Waals surface area contributed by atoms with Gasteiger partial charge in [-0.3, -0.25) is 0 Å². The first-order valence-corrected chi connectivity index (χ1v) is 6.98. The molecule has 17 heavy (non-hydrogen) atoms. The molecule has 1 aliphatic carbocycles. The van der Waals surface area contributed by atoms with Crippen LogP contribution in [0.3, 0.4) is 0 Å². The van der Waals surface area contributed by atoms with Crippen molar-refractivity contribution in [3.63, 3.8) is 0 Å². The lowest BCUT2D eigenvalue weighted by Gasteiger charge is -2.21. The van der Waals surface area contributed by atoms with E-state index in [1.807, 2.05) is 17.8 Å². The fraction of sp³-hybridized carbons (Fsp3) is 0.538. The third-order valence-corrected chi connectivity index (χ3v) is 4.54. The van der Waals surface area contributed by atoms with Crippen LogP contribution in [0.4, 0.5) is 0 Å². The molecule has 1 fully saturated rings. The quantitative estimate of drug-likeness (QED) is 0.506. The zero-order valence-electron chi connectivity index (χ0n) is 10.1. The Labute approximate surface area is 106 Å². The molecule has 1 heterocycles. The van der Waals surface area contributed by atoms with Gasteiger partial charge < -0.3 is 5.21 Å². The Kier molecular flexibility index (Phi) is 4.42. The molecule has 92 valence electrons. The molecule has 1 saturated carbocycles. The second-order valence-corrected chi connectivity index (χ2v) is 5.80. The molecule has 0 atom stereocenters. The largest absolute Gasteiger partial charge is 0.411 e. The average molecular weight is 250 g/mol. The van der Waals surface area contributed by atoms with Crippen molar-refractivity contribution < 1.29 is 5.21 Å². The monoisotopic (exact) mass is 250 g/mol. The first-order valence-electron chi connectivity index (χ1n) is 6.10. The number of pyridine rings is 1. The van der Waals surface area contributed by atoms with Crippen LogP contribution < -0.4 is 0 Å². The van der Waals surface area contributed by atoms with Gasteiger partial charge in [-0.05, 0) is 31.4 Å². The van der Waals surface area contributed by atoms with Crippen LogP contribution in [0, 0.1) is 6.92 Å². The standard InChI is InChI=1S/C13H18N2OS/c1-10-7-11(9-15-16)8-14-13(10)17-12-5-3-2-4-6-12/h7-9,12,16H,2-6H2,1H3. The van der Waals surface area contributed by atoms with Gasteiger partial charge >= 0.3 is 0 Å². The predicted molar refractivity (Wildman–Crippen MR) is 71.1 cm³/mol. The molecule has 0 spiro atoms. The third-order valence-electron chi connectivity index (χ3n) is 3.09. The van der Waals surface area contributed by atoms with Gasteiger partial charge in [-0.2, -0.15) is 0 Å². The zero-order valence-corrected chi connectivity index (χ0v) is 10.9. The topological polar surface area (TPSA) is 45.5 Å². The second-order valence-electron chi connectivity index (χ2n) is 4.51.